The number of methoxy groups -OCH3 is 1. The lowest BCUT2D eigenvalue weighted by atomic mass is 9.73. The number of allylic oxidation sites excluding steroid dienone is 1. The van der Waals surface area contributed by atoms with Gasteiger partial charge in [-0.1, -0.05) is 69.4 Å². The Balaban J connectivity index is 1.31. The van der Waals surface area contributed by atoms with E-state index in [2.05, 4.69) is 48.2 Å². The molecule has 1 saturated carbocycles. The summed E-state index contributed by atoms with van der Waals surface area (Å²) in [5.74, 6) is 3.53. The Morgan fingerprint density at radius 1 is 1.07 bits per heavy atom. The average Bonchev–Trinajstić information content (AvgIpc) is 3.36. The third kappa shape index (κ3) is 5.25. The van der Waals surface area contributed by atoms with E-state index in [0.29, 0.717) is 34.7 Å². The van der Waals surface area contributed by atoms with Crippen LogP contribution < -0.4 is 0 Å². The molecule has 1 aromatic carbocycles. The maximum absolute atomic E-state index is 12.4. The third-order valence-corrected chi connectivity index (χ3v) is 10.2. The van der Waals surface area contributed by atoms with Gasteiger partial charge in [0.25, 0.3) is 0 Å². The van der Waals surface area contributed by atoms with Crippen molar-refractivity contribution in [1.82, 2.24) is 4.90 Å². The van der Waals surface area contributed by atoms with Gasteiger partial charge in [-0.05, 0) is 62.5 Å². The van der Waals surface area contributed by atoms with E-state index in [1.807, 2.05) is 0 Å². The van der Waals surface area contributed by atoms with E-state index >= 15 is 0 Å². The van der Waals surface area contributed by atoms with Crippen molar-refractivity contribution < 1.29 is 24.1 Å². The van der Waals surface area contributed by atoms with Crippen LogP contribution in [0.3, 0.4) is 0 Å². The minimum Gasteiger partial charge on any atom is -0.492 e. The summed E-state index contributed by atoms with van der Waals surface area (Å²) in [7, 11) is 1.58. The van der Waals surface area contributed by atoms with Crippen LogP contribution in [0.15, 0.2) is 65.0 Å². The lowest BCUT2D eigenvalue weighted by molar-refractivity contribution is -0.133. The minimum atomic E-state index is -0.371. The lowest BCUT2D eigenvalue weighted by Gasteiger charge is -2.49. The molecule has 0 amide bonds. The van der Waals surface area contributed by atoms with Crippen molar-refractivity contribution in [2.75, 3.05) is 13.7 Å². The highest BCUT2D eigenvalue weighted by Gasteiger charge is 2.51. The molecule has 1 N–H and O–H groups in total. The minimum absolute atomic E-state index is 0.0299. The SMILES string of the molecule is COC1=C(C)C(=O)OC1=C1OC2=CCCN3C(C(O)CC4CCCCC4)CC(Cc4ccccc4)CC3C2C1C. The van der Waals surface area contributed by atoms with Gasteiger partial charge in [0.05, 0.1) is 18.8 Å². The third-order valence-electron chi connectivity index (χ3n) is 10.2. The van der Waals surface area contributed by atoms with Crippen molar-refractivity contribution in [1.29, 1.82) is 0 Å². The predicted octanol–water partition coefficient (Wildman–Crippen LogP) is 6.27. The molecule has 3 fully saturated rings. The first-order valence-electron chi connectivity index (χ1n) is 15.5. The second-order valence-electron chi connectivity index (χ2n) is 12.8. The molecule has 216 valence electrons. The van der Waals surface area contributed by atoms with Gasteiger partial charge in [-0.3, -0.25) is 4.90 Å². The molecule has 0 radical (unpaired) electrons. The van der Waals surface area contributed by atoms with Crippen molar-refractivity contribution in [3.8, 4) is 0 Å². The zero-order valence-electron chi connectivity index (χ0n) is 24.3. The van der Waals surface area contributed by atoms with Crippen molar-refractivity contribution in [3.63, 3.8) is 0 Å². The van der Waals surface area contributed by atoms with Gasteiger partial charge >= 0.3 is 5.97 Å². The molecular weight excluding hydrogens is 502 g/mol. The van der Waals surface area contributed by atoms with Crippen LogP contribution in [0.2, 0.25) is 0 Å². The van der Waals surface area contributed by atoms with Crippen LogP contribution in [-0.2, 0) is 25.4 Å². The monoisotopic (exact) mass is 547 g/mol. The van der Waals surface area contributed by atoms with Gasteiger partial charge in [0.2, 0.25) is 5.76 Å². The summed E-state index contributed by atoms with van der Waals surface area (Å²) in [5, 5.41) is 11.8. The van der Waals surface area contributed by atoms with Gasteiger partial charge in [0.1, 0.15) is 5.76 Å². The molecule has 4 aliphatic heterocycles. The molecule has 0 spiro atoms. The molecule has 0 aromatic heterocycles. The fourth-order valence-corrected chi connectivity index (χ4v) is 8.29. The highest BCUT2D eigenvalue weighted by Crippen LogP contribution is 2.50. The highest BCUT2D eigenvalue weighted by atomic mass is 16.6. The van der Waals surface area contributed by atoms with Gasteiger partial charge in [-0.25, -0.2) is 4.79 Å². The number of esters is 1. The topological polar surface area (TPSA) is 68.2 Å². The van der Waals surface area contributed by atoms with Gasteiger partial charge in [-0.15, -0.1) is 0 Å². The Bertz CT molecular complexity index is 1180. The quantitative estimate of drug-likeness (QED) is 0.424. The number of fused-ring (bicyclic) bond motifs is 3. The van der Waals surface area contributed by atoms with E-state index in [1.54, 1.807) is 14.0 Å². The van der Waals surface area contributed by atoms with Crippen molar-refractivity contribution in [3.05, 3.63) is 70.6 Å². The number of nitrogens with zero attached hydrogens (tertiary/aromatic N) is 1. The number of aliphatic hydroxyl groups excluding tert-OH is 1. The smallest absolute Gasteiger partial charge is 0.343 e. The molecule has 6 nitrogen and oxygen atoms in total. The molecule has 1 aromatic rings. The molecular formula is C34H45NO5. The number of rotatable bonds is 6. The summed E-state index contributed by atoms with van der Waals surface area (Å²) in [4.78, 5) is 15.0. The van der Waals surface area contributed by atoms with Gasteiger partial charge in [0.15, 0.2) is 11.5 Å². The molecule has 0 bridgehead atoms. The molecule has 40 heavy (non-hydrogen) atoms. The normalized spacial score (nSPS) is 34.0. The van der Waals surface area contributed by atoms with E-state index < -0.39 is 0 Å². The maximum Gasteiger partial charge on any atom is 0.343 e. The number of aliphatic hydroxyl groups is 1. The molecule has 4 heterocycles. The summed E-state index contributed by atoms with van der Waals surface area (Å²) in [6, 6.07) is 11.2. The fourth-order valence-electron chi connectivity index (χ4n) is 8.29. The van der Waals surface area contributed by atoms with Crippen LogP contribution in [0.1, 0.15) is 77.2 Å². The largest absolute Gasteiger partial charge is 0.492 e. The Morgan fingerprint density at radius 2 is 1.85 bits per heavy atom. The number of hydrogen-bond acceptors (Lipinski definition) is 6. The molecule has 5 aliphatic rings. The first-order chi connectivity index (χ1) is 19.4. The van der Waals surface area contributed by atoms with Crippen LogP contribution in [-0.4, -0.2) is 47.8 Å². The Hall–Kier alpha value is -2.57. The van der Waals surface area contributed by atoms with Gasteiger partial charge < -0.3 is 19.3 Å². The summed E-state index contributed by atoms with van der Waals surface area (Å²) in [6.07, 6.45) is 13.3. The van der Waals surface area contributed by atoms with Crippen LogP contribution in [0.5, 0.6) is 0 Å². The summed E-state index contributed by atoms with van der Waals surface area (Å²) in [5.41, 5.74) is 1.85. The first-order valence-corrected chi connectivity index (χ1v) is 15.5. The van der Waals surface area contributed by atoms with Crippen LogP contribution in [0, 0.1) is 23.7 Å². The van der Waals surface area contributed by atoms with Crippen LogP contribution >= 0.6 is 0 Å². The standard InChI is InChI=1S/C34H45NO5/c1-21-30-27-19-25(17-23-11-6-4-7-12-23)18-26(28(36)20-24-13-8-5-9-14-24)35(27)16-10-15-29(30)39-32(21)33-31(38-3)22(2)34(37)40-33/h4,6-7,11-12,15,21,24-28,30,36H,5,8-10,13-14,16-20H2,1-3H3. The molecule has 1 aliphatic carbocycles. The van der Waals surface area contributed by atoms with E-state index in [0.717, 1.165) is 44.4 Å². The molecule has 6 heteroatoms. The zero-order valence-corrected chi connectivity index (χ0v) is 24.3. The lowest BCUT2D eigenvalue weighted by Crippen LogP contribution is -2.57. The number of carbonyl (C=O) groups is 1. The fraction of sp³-hybridized carbons (Fsp3) is 0.618. The van der Waals surface area contributed by atoms with E-state index in [-0.39, 0.29) is 36.0 Å². The van der Waals surface area contributed by atoms with E-state index in [1.165, 1.54) is 37.7 Å². The Labute approximate surface area is 239 Å². The highest BCUT2D eigenvalue weighted by molar-refractivity contribution is 5.93. The molecule has 6 unspecified atom stereocenters. The number of cyclic esters (lactones) is 1. The number of carbonyl (C=O) groups excluding carboxylic acids is 1. The number of hydrogen-bond donors (Lipinski definition) is 1. The Kier molecular flexibility index (Phi) is 8.09. The molecule has 6 atom stereocenters. The maximum atomic E-state index is 12.4. The van der Waals surface area contributed by atoms with Crippen molar-refractivity contribution in [2.24, 2.45) is 23.7 Å². The number of benzene rings is 1. The van der Waals surface area contributed by atoms with Crippen molar-refractivity contribution in [2.45, 2.75) is 96.2 Å². The van der Waals surface area contributed by atoms with E-state index in [4.69, 9.17) is 14.2 Å². The summed E-state index contributed by atoms with van der Waals surface area (Å²) >= 11 is 0. The van der Waals surface area contributed by atoms with Gasteiger partial charge in [0, 0.05) is 30.5 Å². The summed E-state index contributed by atoms with van der Waals surface area (Å²) in [6.45, 7) is 4.87. The Morgan fingerprint density at radius 3 is 2.60 bits per heavy atom. The molecule has 2 saturated heterocycles. The van der Waals surface area contributed by atoms with Crippen LogP contribution in [0.4, 0.5) is 0 Å². The average molecular weight is 548 g/mol. The number of piperidine rings is 1. The predicted molar refractivity (Wildman–Crippen MR) is 154 cm³/mol. The van der Waals surface area contributed by atoms with Crippen LogP contribution in [0.25, 0.3) is 0 Å². The summed E-state index contributed by atoms with van der Waals surface area (Å²) < 4.78 is 17.8. The van der Waals surface area contributed by atoms with Crippen molar-refractivity contribution >= 4 is 5.97 Å². The zero-order chi connectivity index (χ0) is 27.8. The second kappa shape index (κ2) is 11.7. The van der Waals surface area contributed by atoms with Gasteiger partial charge in [-0.2, -0.15) is 0 Å². The first kappa shape index (κ1) is 27.6. The number of ether oxygens (including phenoxy) is 3. The van der Waals surface area contributed by atoms with E-state index in [9.17, 15) is 9.90 Å². The second-order valence-corrected chi connectivity index (χ2v) is 12.8. The molecule has 6 rings (SSSR count).